The van der Waals surface area contributed by atoms with Crippen molar-refractivity contribution in [3.63, 3.8) is 0 Å². The second kappa shape index (κ2) is 8.41. The molecule has 24 heavy (non-hydrogen) atoms. The number of nitrogens with two attached hydrogens (primary N) is 1. The van der Waals surface area contributed by atoms with Crippen LogP contribution in [0.4, 0.5) is 9.52 Å². The number of anilines is 1. The fourth-order valence-corrected chi connectivity index (χ4v) is 3.48. The molecule has 5 nitrogen and oxygen atoms in total. The summed E-state index contributed by atoms with van der Waals surface area (Å²) in [6.07, 6.45) is 2.67. The van der Waals surface area contributed by atoms with Gasteiger partial charge in [0.15, 0.2) is 5.13 Å². The van der Waals surface area contributed by atoms with E-state index < -0.39 is 5.82 Å². The van der Waals surface area contributed by atoms with Crippen LogP contribution in [0, 0.1) is 5.82 Å². The molecule has 8 heteroatoms. The molecule has 1 fully saturated rings. The summed E-state index contributed by atoms with van der Waals surface area (Å²) >= 11 is 1.49. The van der Waals surface area contributed by atoms with E-state index in [4.69, 9.17) is 5.73 Å². The minimum atomic E-state index is -0.460. The van der Waals surface area contributed by atoms with Gasteiger partial charge in [-0.3, -0.25) is 9.69 Å². The molecule has 2 heterocycles. The average Bonchev–Trinajstić information content (AvgIpc) is 2.81. The second-order valence-electron chi connectivity index (χ2n) is 5.57. The van der Waals surface area contributed by atoms with Crippen molar-refractivity contribution in [3.05, 3.63) is 46.7 Å². The summed E-state index contributed by atoms with van der Waals surface area (Å²) in [5.74, 6) is -0.689. The Morgan fingerprint density at radius 2 is 2.04 bits per heavy atom. The van der Waals surface area contributed by atoms with Gasteiger partial charge in [0.2, 0.25) is 0 Å². The highest BCUT2D eigenvalue weighted by Gasteiger charge is 2.22. The van der Waals surface area contributed by atoms with Crippen LogP contribution in [0.5, 0.6) is 0 Å². The first-order valence-electron chi connectivity index (χ1n) is 7.60. The summed E-state index contributed by atoms with van der Waals surface area (Å²) in [7, 11) is 0. The molecule has 0 saturated carbocycles. The third-order valence-electron chi connectivity index (χ3n) is 3.93. The topological polar surface area (TPSA) is 62.5 Å². The molecule has 0 aliphatic carbocycles. The van der Waals surface area contributed by atoms with Crippen molar-refractivity contribution in [2.45, 2.75) is 13.0 Å². The lowest BCUT2D eigenvalue weighted by molar-refractivity contribution is 0.0756. The van der Waals surface area contributed by atoms with Gasteiger partial charge >= 0.3 is 0 Å². The van der Waals surface area contributed by atoms with E-state index in [1.807, 2.05) is 0 Å². The molecular weight excluding hydrogens is 351 g/mol. The molecule has 1 aliphatic heterocycles. The van der Waals surface area contributed by atoms with E-state index in [0.29, 0.717) is 18.2 Å². The Kier molecular flexibility index (Phi) is 6.53. The first-order valence-corrected chi connectivity index (χ1v) is 8.41. The lowest BCUT2D eigenvalue weighted by atomic mass is 10.2. The lowest BCUT2D eigenvalue weighted by Gasteiger charge is -2.21. The van der Waals surface area contributed by atoms with Gasteiger partial charge in [-0.15, -0.1) is 23.7 Å². The fourth-order valence-electron chi connectivity index (χ4n) is 2.75. The number of nitrogens with zero attached hydrogens (tertiary/aromatic N) is 3. The van der Waals surface area contributed by atoms with Crippen molar-refractivity contribution < 1.29 is 9.18 Å². The maximum Gasteiger partial charge on any atom is 0.256 e. The van der Waals surface area contributed by atoms with E-state index in [-0.39, 0.29) is 23.9 Å². The SMILES string of the molecule is Cl.Nc1ncc(CN2CCCN(C(=O)c3ccccc3F)CC2)s1. The van der Waals surface area contributed by atoms with Gasteiger partial charge in [-0.05, 0) is 18.6 Å². The number of hydrogen-bond donors (Lipinski definition) is 1. The number of thiazole rings is 1. The highest BCUT2D eigenvalue weighted by molar-refractivity contribution is 7.15. The zero-order valence-corrected chi connectivity index (χ0v) is 14.8. The van der Waals surface area contributed by atoms with Crippen LogP contribution in [0.25, 0.3) is 0 Å². The molecule has 2 N–H and O–H groups in total. The Bertz CT molecular complexity index is 696. The molecule has 0 radical (unpaired) electrons. The first kappa shape index (κ1) is 18.6. The number of carbonyl (C=O) groups is 1. The molecule has 1 saturated heterocycles. The summed E-state index contributed by atoms with van der Waals surface area (Å²) < 4.78 is 13.8. The molecule has 1 aliphatic rings. The van der Waals surface area contributed by atoms with Gasteiger partial charge < -0.3 is 10.6 Å². The van der Waals surface area contributed by atoms with E-state index >= 15 is 0 Å². The summed E-state index contributed by atoms with van der Waals surface area (Å²) in [4.78, 5) is 21.7. The van der Waals surface area contributed by atoms with Crippen LogP contribution in [0.2, 0.25) is 0 Å². The van der Waals surface area contributed by atoms with Crippen LogP contribution in [-0.2, 0) is 6.54 Å². The highest BCUT2D eigenvalue weighted by atomic mass is 35.5. The quantitative estimate of drug-likeness (QED) is 0.902. The van der Waals surface area contributed by atoms with Gasteiger partial charge in [-0.1, -0.05) is 12.1 Å². The van der Waals surface area contributed by atoms with Gasteiger partial charge in [0, 0.05) is 43.8 Å². The summed E-state index contributed by atoms with van der Waals surface area (Å²) in [6.45, 7) is 3.70. The van der Waals surface area contributed by atoms with Crippen molar-refractivity contribution in [2.75, 3.05) is 31.9 Å². The number of nitrogen functional groups attached to an aromatic ring is 1. The number of amides is 1. The molecule has 1 aromatic carbocycles. The van der Waals surface area contributed by atoms with Gasteiger partial charge in [-0.2, -0.15) is 0 Å². The van der Waals surface area contributed by atoms with Crippen LogP contribution < -0.4 is 5.73 Å². The fraction of sp³-hybridized carbons (Fsp3) is 0.375. The van der Waals surface area contributed by atoms with Gasteiger partial charge in [0.25, 0.3) is 5.91 Å². The van der Waals surface area contributed by atoms with Crippen LogP contribution >= 0.6 is 23.7 Å². The molecule has 0 unspecified atom stereocenters. The summed E-state index contributed by atoms with van der Waals surface area (Å²) in [5.41, 5.74) is 5.80. The smallest absolute Gasteiger partial charge is 0.256 e. The van der Waals surface area contributed by atoms with E-state index in [9.17, 15) is 9.18 Å². The lowest BCUT2D eigenvalue weighted by Crippen LogP contribution is -2.35. The predicted molar refractivity (Wildman–Crippen MR) is 96.0 cm³/mol. The normalized spacial score (nSPS) is 15.6. The number of benzene rings is 1. The van der Waals surface area contributed by atoms with Crippen LogP contribution in [-0.4, -0.2) is 46.9 Å². The zero-order chi connectivity index (χ0) is 16.2. The van der Waals surface area contributed by atoms with Crippen molar-refractivity contribution in [3.8, 4) is 0 Å². The van der Waals surface area contributed by atoms with Crippen LogP contribution in [0.15, 0.2) is 30.5 Å². The molecule has 2 aromatic rings. The largest absolute Gasteiger partial charge is 0.375 e. The molecule has 0 spiro atoms. The van der Waals surface area contributed by atoms with E-state index in [1.54, 1.807) is 29.3 Å². The maximum atomic E-state index is 13.8. The molecule has 0 bridgehead atoms. The van der Waals surface area contributed by atoms with E-state index in [0.717, 1.165) is 30.9 Å². The highest BCUT2D eigenvalue weighted by Crippen LogP contribution is 2.18. The molecular formula is C16H20ClFN4OS. The number of halogens is 2. The number of rotatable bonds is 3. The molecule has 0 atom stereocenters. The molecule has 3 rings (SSSR count). The predicted octanol–water partition coefficient (Wildman–Crippen LogP) is 2.63. The maximum absolute atomic E-state index is 13.8. The molecule has 1 amide bonds. The van der Waals surface area contributed by atoms with Crippen LogP contribution in [0.3, 0.4) is 0 Å². The van der Waals surface area contributed by atoms with Crippen LogP contribution in [0.1, 0.15) is 21.7 Å². The second-order valence-corrected chi connectivity index (χ2v) is 6.71. The Balaban J connectivity index is 0.00000208. The van der Waals surface area contributed by atoms with Crippen molar-refractivity contribution in [1.82, 2.24) is 14.8 Å². The number of carbonyl (C=O) groups excluding carboxylic acids is 1. The molecule has 130 valence electrons. The van der Waals surface area contributed by atoms with Crippen molar-refractivity contribution in [2.24, 2.45) is 0 Å². The Morgan fingerprint density at radius 3 is 2.75 bits per heavy atom. The minimum absolute atomic E-state index is 0. The van der Waals surface area contributed by atoms with Gasteiger partial charge in [0.05, 0.1) is 5.56 Å². The standard InChI is InChI=1S/C16H19FN4OS.ClH/c17-14-5-2-1-4-13(14)15(22)21-7-3-6-20(8-9-21)11-12-10-19-16(18)23-12;/h1-2,4-5,10H,3,6-9,11H2,(H2,18,19);1H. The molecule has 1 aromatic heterocycles. The van der Waals surface area contributed by atoms with E-state index in [2.05, 4.69) is 9.88 Å². The third kappa shape index (κ3) is 4.43. The Labute approximate surface area is 150 Å². The number of aromatic nitrogens is 1. The monoisotopic (exact) mass is 370 g/mol. The van der Waals surface area contributed by atoms with E-state index in [1.165, 1.54) is 17.4 Å². The Hall–Kier alpha value is -1.70. The van der Waals surface area contributed by atoms with Crippen molar-refractivity contribution >= 4 is 34.8 Å². The summed E-state index contributed by atoms with van der Waals surface area (Å²) in [6, 6.07) is 6.15. The van der Waals surface area contributed by atoms with Gasteiger partial charge in [0.1, 0.15) is 5.82 Å². The van der Waals surface area contributed by atoms with Crippen molar-refractivity contribution in [1.29, 1.82) is 0 Å². The first-order chi connectivity index (χ1) is 11.1. The Morgan fingerprint density at radius 1 is 1.25 bits per heavy atom. The number of hydrogen-bond acceptors (Lipinski definition) is 5. The average molecular weight is 371 g/mol. The minimum Gasteiger partial charge on any atom is -0.375 e. The zero-order valence-electron chi connectivity index (χ0n) is 13.2. The summed E-state index contributed by atoms with van der Waals surface area (Å²) in [5, 5.41) is 0.575. The van der Waals surface area contributed by atoms with Gasteiger partial charge in [-0.25, -0.2) is 9.37 Å². The third-order valence-corrected chi connectivity index (χ3v) is 4.74.